The van der Waals surface area contributed by atoms with E-state index >= 15 is 0 Å². The van der Waals surface area contributed by atoms with Crippen LogP contribution in [0.4, 0.5) is 0 Å². The van der Waals surface area contributed by atoms with Crippen LogP contribution in [0.25, 0.3) is 0 Å². The van der Waals surface area contributed by atoms with E-state index in [1.807, 2.05) is 29.3 Å². The zero-order valence-corrected chi connectivity index (χ0v) is 13.2. The minimum absolute atomic E-state index is 0.460. The second-order valence-electron chi connectivity index (χ2n) is 5.75. The van der Waals surface area contributed by atoms with E-state index < -0.39 is 0 Å². The molecule has 0 spiro atoms. The summed E-state index contributed by atoms with van der Waals surface area (Å²) in [5.41, 5.74) is 2.91. The second kappa shape index (κ2) is 6.10. The third-order valence-corrected chi connectivity index (χ3v) is 5.48. The largest absolute Gasteiger partial charge is 0.309 e. The van der Waals surface area contributed by atoms with Gasteiger partial charge in [-0.3, -0.25) is 4.68 Å². The predicted molar refractivity (Wildman–Crippen MR) is 84.3 cm³/mol. The first kappa shape index (κ1) is 13.8. The zero-order chi connectivity index (χ0) is 13.9. The Labute approximate surface area is 125 Å². The average Bonchev–Trinajstić information content (AvgIpc) is 3.04. The van der Waals surface area contributed by atoms with Gasteiger partial charge in [-0.2, -0.15) is 5.10 Å². The maximum atomic E-state index is 4.21. The van der Waals surface area contributed by atoms with Crippen LogP contribution in [0, 0.1) is 0 Å². The summed E-state index contributed by atoms with van der Waals surface area (Å²) in [6.07, 6.45) is 10.4. The molecule has 1 N–H and O–H groups in total. The summed E-state index contributed by atoms with van der Waals surface area (Å²) in [6.45, 7) is 3.29. The first-order valence-corrected chi connectivity index (χ1v) is 8.36. The van der Waals surface area contributed by atoms with Gasteiger partial charge < -0.3 is 5.32 Å². The molecule has 0 aliphatic heterocycles. The van der Waals surface area contributed by atoms with E-state index in [2.05, 4.69) is 29.6 Å². The quantitative estimate of drug-likeness (QED) is 0.915. The molecule has 20 heavy (non-hydrogen) atoms. The van der Waals surface area contributed by atoms with Crippen LogP contribution in [0.2, 0.25) is 0 Å². The number of nitrogens with zero attached hydrogens (tertiary/aromatic N) is 2. The Morgan fingerprint density at radius 1 is 1.40 bits per heavy atom. The van der Waals surface area contributed by atoms with Gasteiger partial charge in [0.05, 0.1) is 6.20 Å². The summed E-state index contributed by atoms with van der Waals surface area (Å²) in [4.78, 5) is 3.13. The van der Waals surface area contributed by atoms with E-state index in [-0.39, 0.29) is 0 Å². The Balaban J connectivity index is 1.53. The lowest BCUT2D eigenvalue weighted by Gasteiger charge is -2.11. The SMILES string of the molecule is CC(NCCc1cnn(C)c1)c1cc2c(s1)CCCC2. The van der Waals surface area contributed by atoms with Gasteiger partial charge in [0.25, 0.3) is 0 Å². The fourth-order valence-corrected chi connectivity index (χ4v) is 4.15. The molecule has 2 aromatic rings. The Bertz CT molecular complexity index is 547. The standard InChI is InChI=1S/C16H23N3S/c1-12(17-8-7-13-10-18-19(2)11-13)16-9-14-5-3-4-6-15(14)20-16/h9-12,17H,3-8H2,1-2H3. The number of thiophene rings is 1. The summed E-state index contributed by atoms with van der Waals surface area (Å²) < 4.78 is 1.87. The van der Waals surface area contributed by atoms with Gasteiger partial charge in [0.15, 0.2) is 0 Å². The summed E-state index contributed by atoms with van der Waals surface area (Å²) in [7, 11) is 1.97. The molecule has 3 nitrogen and oxygen atoms in total. The molecule has 1 atom stereocenters. The molecular formula is C16H23N3S. The van der Waals surface area contributed by atoms with Crippen LogP contribution < -0.4 is 5.32 Å². The van der Waals surface area contributed by atoms with Gasteiger partial charge in [-0.05, 0) is 62.8 Å². The molecule has 4 heteroatoms. The highest BCUT2D eigenvalue weighted by Crippen LogP contribution is 2.32. The van der Waals surface area contributed by atoms with Crippen molar-refractivity contribution in [1.82, 2.24) is 15.1 Å². The summed E-state index contributed by atoms with van der Waals surface area (Å²) in [5, 5.41) is 7.85. The maximum Gasteiger partial charge on any atom is 0.0522 e. The van der Waals surface area contributed by atoms with Crippen LogP contribution in [0.1, 0.15) is 46.7 Å². The van der Waals surface area contributed by atoms with Crippen LogP contribution >= 0.6 is 11.3 Å². The Morgan fingerprint density at radius 3 is 3.00 bits per heavy atom. The van der Waals surface area contributed by atoms with E-state index in [4.69, 9.17) is 0 Å². The van der Waals surface area contributed by atoms with Crippen molar-refractivity contribution in [2.24, 2.45) is 7.05 Å². The summed E-state index contributed by atoms with van der Waals surface area (Å²) >= 11 is 2.01. The van der Waals surface area contributed by atoms with Gasteiger partial charge in [0, 0.05) is 29.0 Å². The van der Waals surface area contributed by atoms with Crippen LogP contribution in [0.15, 0.2) is 18.5 Å². The lowest BCUT2D eigenvalue weighted by molar-refractivity contribution is 0.584. The van der Waals surface area contributed by atoms with Crippen LogP contribution in [0.5, 0.6) is 0 Å². The van der Waals surface area contributed by atoms with Gasteiger partial charge in [-0.15, -0.1) is 11.3 Å². The minimum atomic E-state index is 0.460. The van der Waals surface area contributed by atoms with Crippen molar-refractivity contribution in [2.75, 3.05) is 6.54 Å². The molecule has 0 saturated heterocycles. The van der Waals surface area contributed by atoms with Crippen molar-refractivity contribution in [2.45, 2.75) is 45.1 Å². The average molecular weight is 289 g/mol. The molecule has 0 fully saturated rings. The van der Waals surface area contributed by atoms with Gasteiger partial charge in [-0.25, -0.2) is 0 Å². The number of aromatic nitrogens is 2. The van der Waals surface area contributed by atoms with Crippen molar-refractivity contribution in [3.8, 4) is 0 Å². The molecule has 3 rings (SSSR count). The number of rotatable bonds is 5. The minimum Gasteiger partial charge on any atom is -0.309 e. The fourth-order valence-electron chi connectivity index (χ4n) is 2.86. The predicted octanol–water partition coefficient (Wildman–Crippen LogP) is 3.25. The fraction of sp³-hybridized carbons (Fsp3) is 0.562. The van der Waals surface area contributed by atoms with Crippen LogP contribution in [-0.4, -0.2) is 16.3 Å². The summed E-state index contributed by atoms with van der Waals surface area (Å²) in [5.74, 6) is 0. The summed E-state index contributed by atoms with van der Waals surface area (Å²) in [6, 6.07) is 2.89. The normalized spacial score (nSPS) is 16.1. The van der Waals surface area contributed by atoms with E-state index in [0.717, 1.165) is 13.0 Å². The van der Waals surface area contributed by atoms with Crippen molar-refractivity contribution in [3.05, 3.63) is 39.3 Å². The topological polar surface area (TPSA) is 29.9 Å². The number of aryl methyl sites for hydroxylation is 3. The van der Waals surface area contributed by atoms with Gasteiger partial charge in [-0.1, -0.05) is 0 Å². The van der Waals surface area contributed by atoms with E-state index in [0.29, 0.717) is 6.04 Å². The lowest BCUT2D eigenvalue weighted by atomic mass is 9.99. The Hall–Kier alpha value is -1.13. The van der Waals surface area contributed by atoms with Crippen molar-refractivity contribution < 1.29 is 0 Å². The lowest BCUT2D eigenvalue weighted by Crippen LogP contribution is -2.20. The van der Waals surface area contributed by atoms with Crippen molar-refractivity contribution in [1.29, 1.82) is 0 Å². The molecular weight excluding hydrogens is 266 g/mol. The smallest absolute Gasteiger partial charge is 0.0522 e. The molecule has 0 aromatic carbocycles. The first-order valence-electron chi connectivity index (χ1n) is 7.55. The molecule has 1 aliphatic rings. The number of hydrogen-bond donors (Lipinski definition) is 1. The monoisotopic (exact) mass is 289 g/mol. The van der Waals surface area contributed by atoms with Crippen LogP contribution in [0.3, 0.4) is 0 Å². The molecule has 1 aliphatic carbocycles. The van der Waals surface area contributed by atoms with Crippen LogP contribution in [-0.2, 0) is 26.3 Å². The maximum absolute atomic E-state index is 4.21. The molecule has 2 heterocycles. The van der Waals surface area contributed by atoms with Gasteiger partial charge in [0.2, 0.25) is 0 Å². The van der Waals surface area contributed by atoms with Gasteiger partial charge >= 0.3 is 0 Å². The molecule has 0 saturated carbocycles. The number of nitrogens with one attached hydrogen (secondary N) is 1. The van der Waals surface area contributed by atoms with E-state index in [1.165, 1.54) is 36.1 Å². The number of hydrogen-bond acceptors (Lipinski definition) is 3. The third-order valence-electron chi connectivity index (χ3n) is 4.06. The molecule has 0 bridgehead atoms. The molecule has 0 amide bonds. The van der Waals surface area contributed by atoms with E-state index in [9.17, 15) is 0 Å². The second-order valence-corrected chi connectivity index (χ2v) is 6.92. The highest BCUT2D eigenvalue weighted by atomic mass is 32.1. The Morgan fingerprint density at radius 2 is 2.25 bits per heavy atom. The zero-order valence-electron chi connectivity index (χ0n) is 12.4. The van der Waals surface area contributed by atoms with Gasteiger partial charge in [0.1, 0.15) is 0 Å². The number of fused-ring (bicyclic) bond motifs is 1. The first-order chi connectivity index (χ1) is 9.72. The molecule has 2 aromatic heterocycles. The van der Waals surface area contributed by atoms with Crippen molar-refractivity contribution >= 4 is 11.3 Å². The highest BCUT2D eigenvalue weighted by molar-refractivity contribution is 7.12. The third kappa shape index (κ3) is 3.13. The Kier molecular flexibility index (Phi) is 4.22. The molecule has 108 valence electrons. The van der Waals surface area contributed by atoms with Crippen molar-refractivity contribution in [3.63, 3.8) is 0 Å². The van der Waals surface area contributed by atoms with E-state index in [1.54, 1.807) is 10.4 Å². The highest BCUT2D eigenvalue weighted by Gasteiger charge is 2.16. The molecule has 1 unspecified atom stereocenters. The molecule has 0 radical (unpaired) electrons.